The quantitative estimate of drug-likeness (QED) is 0.217. The van der Waals surface area contributed by atoms with Gasteiger partial charge in [0.1, 0.15) is 18.0 Å². The molecule has 4 N–H and O–H groups in total. The largest absolute Gasteiger partial charge is 0.482 e. The van der Waals surface area contributed by atoms with Crippen LogP contribution in [0.15, 0.2) is 67.1 Å². The Bertz CT molecular complexity index is 1490. The van der Waals surface area contributed by atoms with Crippen molar-refractivity contribution in [2.24, 2.45) is 5.73 Å². The average molecular weight is 583 g/mol. The van der Waals surface area contributed by atoms with Gasteiger partial charge in [0.2, 0.25) is 5.91 Å². The van der Waals surface area contributed by atoms with Crippen LogP contribution < -0.4 is 21.1 Å². The minimum absolute atomic E-state index is 0.135. The average Bonchev–Trinajstić information content (AvgIpc) is 3.47. The van der Waals surface area contributed by atoms with E-state index in [1.54, 1.807) is 37.5 Å². The van der Waals surface area contributed by atoms with Gasteiger partial charge in [-0.25, -0.2) is 9.37 Å². The maximum atomic E-state index is 14.3. The van der Waals surface area contributed by atoms with E-state index in [4.69, 9.17) is 33.7 Å². The Morgan fingerprint density at radius 1 is 1.15 bits per heavy atom. The molecule has 1 fully saturated rings. The molecule has 4 aromatic rings. The number of rotatable bonds is 8. The van der Waals surface area contributed by atoms with E-state index in [0.717, 1.165) is 37.1 Å². The molecule has 5 rings (SSSR count). The molecule has 2 atom stereocenters. The number of benzene rings is 2. The van der Waals surface area contributed by atoms with Crippen LogP contribution in [0.1, 0.15) is 49.1 Å². The minimum atomic E-state index is -0.928. The molecule has 1 amide bonds. The fourth-order valence-corrected chi connectivity index (χ4v) is 5.39. The highest BCUT2D eigenvalue weighted by Gasteiger charge is 2.24. The standard InChI is InChI=1S/C29H29Cl2FN6O2/c1-17(25-22(30)7-8-23(32)26(25)31)40-24-13-19(20-15-36-38(16-20)21-9-11-34-12-10-21)14-35-28(24)37-29(39)27(33)18-5-3-2-4-6-18/h2-8,13-17,21,27,34H,9-12,33H2,1H3,(H,35,37,39)/t17-,27?/m1/s1. The van der Waals surface area contributed by atoms with Crippen LogP contribution in [0.5, 0.6) is 5.75 Å². The predicted molar refractivity (Wildman–Crippen MR) is 154 cm³/mol. The zero-order valence-electron chi connectivity index (χ0n) is 21.8. The van der Waals surface area contributed by atoms with E-state index in [0.29, 0.717) is 11.6 Å². The molecule has 208 valence electrons. The Labute approximate surface area is 241 Å². The molecule has 3 heterocycles. The van der Waals surface area contributed by atoms with Crippen LogP contribution in [-0.4, -0.2) is 33.8 Å². The summed E-state index contributed by atoms with van der Waals surface area (Å²) in [5, 5.41) is 10.8. The van der Waals surface area contributed by atoms with Crippen LogP contribution in [0, 0.1) is 5.82 Å². The molecule has 40 heavy (non-hydrogen) atoms. The van der Waals surface area contributed by atoms with Crippen LogP contribution in [0.2, 0.25) is 10.0 Å². The number of hydrogen-bond acceptors (Lipinski definition) is 6. The summed E-state index contributed by atoms with van der Waals surface area (Å²) < 4.78 is 22.5. The number of amides is 1. The van der Waals surface area contributed by atoms with Gasteiger partial charge in [-0.3, -0.25) is 9.48 Å². The minimum Gasteiger partial charge on any atom is -0.482 e. The second kappa shape index (κ2) is 12.3. The summed E-state index contributed by atoms with van der Waals surface area (Å²) >= 11 is 12.6. The van der Waals surface area contributed by atoms with Gasteiger partial charge in [-0.15, -0.1) is 0 Å². The monoisotopic (exact) mass is 582 g/mol. The van der Waals surface area contributed by atoms with Crippen LogP contribution >= 0.6 is 23.2 Å². The molecule has 1 unspecified atom stereocenters. The van der Waals surface area contributed by atoms with Gasteiger partial charge in [-0.1, -0.05) is 53.5 Å². The normalized spacial score (nSPS) is 15.4. The molecule has 0 bridgehead atoms. The lowest BCUT2D eigenvalue weighted by atomic mass is 10.1. The van der Waals surface area contributed by atoms with Gasteiger partial charge in [-0.2, -0.15) is 5.10 Å². The zero-order chi connectivity index (χ0) is 28.2. The number of carbonyl (C=O) groups excluding carboxylic acids is 1. The molecule has 0 aliphatic carbocycles. The molecule has 0 spiro atoms. The van der Waals surface area contributed by atoms with Gasteiger partial charge >= 0.3 is 0 Å². The highest BCUT2D eigenvalue weighted by molar-refractivity contribution is 6.36. The first-order chi connectivity index (χ1) is 19.3. The van der Waals surface area contributed by atoms with Crippen LogP contribution in [0.3, 0.4) is 0 Å². The Morgan fingerprint density at radius 3 is 2.65 bits per heavy atom. The van der Waals surface area contributed by atoms with Gasteiger partial charge in [0.25, 0.3) is 0 Å². The number of nitrogens with one attached hydrogen (secondary N) is 2. The maximum absolute atomic E-state index is 14.3. The number of aromatic nitrogens is 3. The Morgan fingerprint density at radius 2 is 1.90 bits per heavy atom. The lowest BCUT2D eigenvalue weighted by Gasteiger charge is -2.22. The van der Waals surface area contributed by atoms with Crippen molar-refractivity contribution in [3.05, 3.63) is 94.1 Å². The van der Waals surface area contributed by atoms with Crippen molar-refractivity contribution in [3.63, 3.8) is 0 Å². The van der Waals surface area contributed by atoms with Crippen molar-refractivity contribution >= 4 is 34.9 Å². The summed E-state index contributed by atoms with van der Waals surface area (Å²) in [4.78, 5) is 17.6. The van der Waals surface area contributed by atoms with Crippen molar-refractivity contribution in [1.29, 1.82) is 0 Å². The molecule has 0 radical (unpaired) electrons. The molecular formula is C29H29Cl2FN6O2. The van der Waals surface area contributed by atoms with Crippen LogP contribution in [0.25, 0.3) is 11.1 Å². The molecule has 8 nitrogen and oxygen atoms in total. The van der Waals surface area contributed by atoms with E-state index in [1.807, 2.05) is 29.1 Å². The first-order valence-electron chi connectivity index (χ1n) is 13.0. The molecule has 1 aliphatic rings. The Balaban J connectivity index is 1.47. The highest BCUT2D eigenvalue weighted by Crippen LogP contribution is 2.38. The van der Waals surface area contributed by atoms with Crippen molar-refractivity contribution in [2.45, 2.75) is 38.0 Å². The Hall–Kier alpha value is -3.50. The number of carbonyl (C=O) groups is 1. The van der Waals surface area contributed by atoms with Crippen molar-refractivity contribution < 1.29 is 13.9 Å². The molecule has 1 aliphatic heterocycles. The van der Waals surface area contributed by atoms with E-state index >= 15 is 0 Å². The third-order valence-electron chi connectivity index (χ3n) is 6.94. The molecule has 2 aromatic heterocycles. The first kappa shape index (κ1) is 28.0. The maximum Gasteiger partial charge on any atom is 0.247 e. The fraction of sp³-hybridized carbons (Fsp3) is 0.276. The molecule has 0 saturated carbocycles. The summed E-state index contributed by atoms with van der Waals surface area (Å²) in [6, 6.07) is 12.8. The summed E-state index contributed by atoms with van der Waals surface area (Å²) in [7, 11) is 0. The van der Waals surface area contributed by atoms with Gasteiger partial charge < -0.3 is 21.1 Å². The number of piperidine rings is 1. The number of hydrogen-bond donors (Lipinski definition) is 3. The first-order valence-corrected chi connectivity index (χ1v) is 13.7. The van der Waals surface area contributed by atoms with Gasteiger partial charge in [0.15, 0.2) is 11.6 Å². The van der Waals surface area contributed by atoms with Gasteiger partial charge in [0, 0.05) is 34.1 Å². The summed E-state index contributed by atoms with van der Waals surface area (Å²) in [6.45, 7) is 3.58. The fourth-order valence-electron chi connectivity index (χ4n) is 4.72. The molecule has 1 saturated heterocycles. The second-order valence-corrected chi connectivity index (χ2v) is 10.4. The number of nitrogens with zero attached hydrogens (tertiary/aromatic N) is 3. The lowest BCUT2D eigenvalue weighted by Crippen LogP contribution is -2.29. The third kappa shape index (κ3) is 6.13. The molecule has 11 heteroatoms. The van der Waals surface area contributed by atoms with Gasteiger partial charge in [-0.05, 0) is 56.6 Å². The summed E-state index contributed by atoms with van der Waals surface area (Å²) in [6.07, 6.45) is 6.59. The topological polar surface area (TPSA) is 107 Å². The second-order valence-electron chi connectivity index (χ2n) is 9.66. The van der Waals surface area contributed by atoms with Gasteiger partial charge in [0.05, 0.1) is 17.3 Å². The van der Waals surface area contributed by atoms with Crippen LogP contribution in [-0.2, 0) is 4.79 Å². The Kier molecular flexibility index (Phi) is 8.66. The lowest BCUT2D eigenvalue weighted by molar-refractivity contribution is -0.117. The number of ether oxygens (including phenoxy) is 1. The van der Waals surface area contributed by atoms with E-state index < -0.39 is 23.9 Å². The smallest absolute Gasteiger partial charge is 0.247 e. The third-order valence-corrected chi connectivity index (χ3v) is 7.66. The summed E-state index contributed by atoms with van der Waals surface area (Å²) in [5.41, 5.74) is 8.70. The molecule has 2 aromatic carbocycles. The zero-order valence-corrected chi connectivity index (χ0v) is 23.3. The highest BCUT2D eigenvalue weighted by atomic mass is 35.5. The number of anilines is 1. The van der Waals surface area contributed by atoms with E-state index in [2.05, 4.69) is 20.7 Å². The van der Waals surface area contributed by atoms with Crippen molar-refractivity contribution in [1.82, 2.24) is 20.1 Å². The van der Waals surface area contributed by atoms with Crippen molar-refractivity contribution in [2.75, 3.05) is 18.4 Å². The number of nitrogens with two attached hydrogens (primary N) is 1. The van der Waals surface area contributed by atoms with E-state index in [9.17, 15) is 9.18 Å². The van der Waals surface area contributed by atoms with E-state index in [-0.39, 0.29) is 27.2 Å². The SMILES string of the molecule is C[C@@H](Oc1cc(-c2cnn(C3CCNCC3)c2)cnc1NC(=O)C(N)c1ccccc1)c1c(Cl)ccc(F)c1Cl. The predicted octanol–water partition coefficient (Wildman–Crippen LogP) is 6.09. The van der Waals surface area contributed by atoms with Crippen molar-refractivity contribution in [3.8, 4) is 16.9 Å². The molecular weight excluding hydrogens is 554 g/mol. The van der Waals surface area contributed by atoms with E-state index in [1.165, 1.54) is 12.1 Å². The van der Waals surface area contributed by atoms with Crippen LogP contribution in [0.4, 0.5) is 10.2 Å². The summed E-state index contributed by atoms with van der Waals surface area (Å²) in [5.74, 6) is -0.688. The number of pyridine rings is 1. The number of halogens is 3.